The third-order valence-corrected chi connectivity index (χ3v) is 3.91. The number of amides is 1. The van der Waals surface area contributed by atoms with Gasteiger partial charge < -0.3 is 5.32 Å². The van der Waals surface area contributed by atoms with Crippen LogP contribution in [-0.4, -0.2) is 11.7 Å². The molecule has 0 aliphatic heterocycles. The topological polar surface area (TPSA) is 46.2 Å². The number of aryl methyl sites for hydroxylation is 1. The van der Waals surface area contributed by atoms with Crippen molar-refractivity contribution in [2.24, 2.45) is 0 Å². The molecule has 0 aliphatic carbocycles. The fourth-order valence-corrected chi connectivity index (χ4v) is 2.48. The number of ketones is 1. The standard InChI is InChI=1S/C19H20ClNO2/c1-13-6-8-15(9-7-13)18(22)10-11-19(23)21-14(2)16-4-3-5-17(20)12-16/h3-9,12,14H,10-11H2,1-2H3,(H,21,23). The molecule has 0 aliphatic rings. The average Bonchev–Trinajstić information content (AvgIpc) is 2.53. The fourth-order valence-electron chi connectivity index (χ4n) is 2.28. The number of halogens is 1. The molecule has 4 heteroatoms. The Bertz CT molecular complexity index is 695. The Morgan fingerprint density at radius 2 is 1.78 bits per heavy atom. The van der Waals surface area contributed by atoms with Crippen molar-refractivity contribution in [3.05, 3.63) is 70.2 Å². The summed E-state index contributed by atoms with van der Waals surface area (Å²) in [6, 6.07) is 14.6. The van der Waals surface area contributed by atoms with Crippen molar-refractivity contribution < 1.29 is 9.59 Å². The Labute approximate surface area is 141 Å². The summed E-state index contributed by atoms with van der Waals surface area (Å²) >= 11 is 5.95. The minimum atomic E-state index is -0.143. The molecule has 0 saturated heterocycles. The summed E-state index contributed by atoms with van der Waals surface area (Å²) in [4.78, 5) is 24.1. The second kappa shape index (κ2) is 7.93. The molecule has 2 aromatic rings. The van der Waals surface area contributed by atoms with E-state index in [1.807, 2.05) is 44.2 Å². The van der Waals surface area contributed by atoms with Crippen LogP contribution in [-0.2, 0) is 4.79 Å². The first-order chi connectivity index (χ1) is 11.0. The second-order valence-electron chi connectivity index (χ2n) is 5.63. The van der Waals surface area contributed by atoms with Gasteiger partial charge in [0.15, 0.2) is 5.78 Å². The van der Waals surface area contributed by atoms with Crippen LogP contribution in [0.5, 0.6) is 0 Å². The molecule has 0 spiro atoms. The van der Waals surface area contributed by atoms with E-state index >= 15 is 0 Å². The van der Waals surface area contributed by atoms with Crippen molar-refractivity contribution in [2.75, 3.05) is 0 Å². The summed E-state index contributed by atoms with van der Waals surface area (Å²) < 4.78 is 0. The largest absolute Gasteiger partial charge is 0.350 e. The smallest absolute Gasteiger partial charge is 0.220 e. The fraction of sp³-hybridized carbons (Fsp3) is 0.263. The quantitative estimate of drug-likeness (QED) is 0.794. The number of hydrogen-bond donors (Lipinski definition) is 1. The van der Waals surface area contributed by atoms with Crippen LogP contribution < -0.4 is 5.32 Å². The Balaban J connectivity index is 1.85. The number of carbonyl (C=O) groups excluding carboxylic acids is 2. The van der Waals surface area contributed by atoms with Crippen LogP contribution in [0.2, 0.25) is 5.02 Å². The zero-order valence-electron chi connectivity index (χ0n) is 13.3. The highest BCUT2D eigenvalue weighted by Gasteiger charge is 2.12. The van der Waals surface area contributed by atoms with Gasteiger partial charge in [0.25, 0.3) is 0 Å². The predicted octanol–water partition coefficient (Wildman–Crippen LogP) is 4.49. The highest BCUT2D eigenvalue weighted by atomic mass is 35.5. The summed E-state index contributed by atoms with van der Waals surface area (Å²) in [6.45, 7) is 3.87. The molecule has 2 aromatic carbocycles. The van der Waals surface area contributed by atoms with Crippen LogP contribution in [0, 0.1) is 6.92 Å². The van der Waals surface area contributed by atoms with Gasteiger partial charge in [0, 0.05) is 23.4 Å². The molecule has 0 heterocycles. The number of nitrogens with one attached hydrogen (secondary N) is 1. The molecule has 120 valence electrons. The number of carbonyl (C=O) groups is 2. The van der Waals surface area contributed by atoms with Gasteiger partial charge in [0.1, 0.15) is 0 Å². The van der Waals surface area contributed by atoms with Crippen LogP contribution in [0.25, 0.3) is 0 Å². The molecule has 23 heavy (non-hydrogen) atoms. The van der Waals surface area contributed by atoms with Crippen molar-refractivity contribution >= 4 is 23.3 Å². The number of Topliss-reactive ketones (excluding diaryl/α,β-unsaturated/α-hetero) is 1. The minimum Gasteiger partial charge on any atom is -0.350 e. The molecule has 2 rings (SSSR count). The molecule has 1 atom stereocenters. The van der Waals surface area contributed by atoms with E-state index in [1.54, 1.807) is 18.2 Å². The van der Waals surface area contributed by atoms with Crippen LogP contribution in [0.1, 0.15) is 47.3 Å². The van der Waals surface area contributed by atoms with E-state index in [2.05, 4.69) is 5.32 Å². The molecule has 0 radical (unpaired) electrons. The average molecular weight is 330 g/mol. The van der Waals surface area contributed by atoms with E-state index in [-0.39, 0.29) is 30.6 Å². The first-order valence-corrected chi connectivity index (χ1v) is 7.98. The van der Waals surface area contributed by atoms with Gasteiger partial charge in [-0.15, -0.1) is 0 Å². The summed E-state index contributed by atoms with van der Waals surface area (Å²) in [6.07, 6.45) is 0.384. The highest BCUT2D eigenvalue weighted by molar-refractivity contribution is 6.30. The molecule has 0 aromatic heterocycles. The van der Waals surface area contributed by atoms with E-state index < -0.39 is 0 Å². The summed E-state index contributed by atoms with van der Waals surface area (Å²) in [5.74, 6) is -0.159. The molecule has 1 amide bonds. The van der Waals surface area contributed by atoms with Crippen molar-refractivity contribution in [3.63, 3.8) is 0 Å². The molecule has 1 N–H and O–H groups in total. The van der Waals surface area contributed by atoms with Crippen LogP contribution in [0.15, 0.2) is 48.5 Å². The van der Waals surface area contributed by atoms with Gasteiger partial charge in [-0.25, -0.2) is 0 Å². The monoisotopic (exact) mass is 329 g/mol. The lowest BCUT2D eigenvalue weighted by Crippen LogP contribution is -2.26. The van der Waals surface area contributed by atoms with Crippen molar-refractivity contribution in [1.29, 1.82) is 0 Å². The zero-order chi connectivity index (χ0) is 16.8. The Hall–Kier alpha value is -2.13. The summed E-state index contributed by atoms with van der Waals surface area (Å²) in [5.41, 5.74) is 2.69. The van der Waals surface area contributed by atoms with Gasteiger partial charge >= 0.3 is 0 Å². The first kappa shape index (κ1) is 17.2. The maximum atomic E-state index is 12.1. The van der Waals surface area contributed by atoms with E-state index in [4.69, 9.17) is 11.6 Å². The van der Waals surface area contributed by atoms with E-state index in [0.717, 1.165) is 11.1 Å². The van der Waals surface area contributed by atoms with E-state index in [0.29, 0.717) is 10.6 Å². The lowest BCUT2D eigenvalue weighted by Gasteiger charge is -2.14. The van der Waals surface area contributed by atoms with Crippen LogP contribution >= 0.6 is 11.6 Å². The molecule has 3 nitrogen and oxygen atoms in total. The molecular weight excluding hydrogens is 310 g/mol. The molecule has 0 saturated carbocycles. The van der Waals surface area contributed by atoms with E-state index in [1.165, 1.54) is 0 Å². The van der Waals surface area contributed by atoms with Crippen molar-refractivity contribution in [3.8, 4) is 0 Å². The molecule has 0 bridgehead atoms. The summed E-state index contributed by atoms with van der Waals surface area (Å²) in [7, 11) is 0. The lowest BCUT2D eigenvalue weighted by molar-refractivity contribution is -0.121. The third kappa shape index (κ3) is 5.22. The number of hydrogen-bond acceptors (Lipinski definition) is 2. The van der Waals surface area contributed by atoms with Gasteiger partial charge in [0.2, 0.25) is 5.91 Å². The number of rotatable bonds is 6. The predicted molar refractivity (Wildman–Crippen MR) is 92.8 cm³/mol. The van der Waals surface area contributed by atoms with Crippen molar-refractivity contribution in [2.45, 2.75) is 32.7 Å². The van der Waals surface area contributed by atoms with Crippen LogP contribution in [0.3, 0.4) is 0 Å². The van der Waals surface area contributed by atoms with Gasteiger partial charge in [-0.2, -0.15) is 0 Å². The first-order valence-electron chi connectivity index (χ1n) is 7.60. The third-order valence-electron chi connectivity index (χ3n) is 3.68. The summed E-state index contributed by atoms with van der Waals surface area (Å²) in [5, 5.41) is 3.53. The Morgan fingerprint density at radius 1 is 1.09 bits per heavy atom. The molecular formula is C19H20ClNO2. The SMILES string of the molecule is Cc1ccc(C(=O)CCC(=O)NC(C)c2cccc(Cl)c2)cc1. The van der Waals surface area contributed by atoms with E-state index in [9.17, 15) is 9.59 Å². The van der Waals surface area contributed by atoms with Gasteiger partial charge in [-0.05, 0) is 31.5 Å². The minimum absolute atomic E-state index is 0.0180. The maximum Gasteiger partial charge on any atom is 0.220 e. The lowest BCUT2D eigenvalue weighted by atomic mass is 10.0. The highest BCUT2D eigenvalue weighted by Crippen LogP contribution is 2.17. The molecule has 1 unspecified atom stereocenters. The second-order valence-corrected chi connectivity index (χ2v) is 6.07. The Kier molecular flexibility index (Phi) is 5.94. The Morgan fingerprint density at radius 3 is 2.43 bits per heavy atom. The zero-order valence-corrected chi connectivity index (χ0v) is 14.1. The van der Waals surface area contributed by atoms with Gasteiger partial charge in [-0.3, -0.25) is 9.59 Å². The van der Waals surface area contributed by atoms with Gasteiger partial charge in [0.05, 0.1) is 6.04 Å². The normalized spacial score (nSPS) is 11.8. The van der Waals surface area contributed by atoms with Gasteiger partial charge in [-0.1, -0.05) is 53.6 Å². The maximum absolute atomic E-state index is 12.1. The number of benzene rings is 2. The van der Waals surface area contributed by atoms with Crippen molar-refractivity contribution in [1.82, 2.24) is 5.32 Å². The van der Waals surface area contributed by atoms with Crippen LogP contribution in [0.4, 0.5) is 0 Å². The molecule has 0 fully saturated rings.